The topological polar surface area (TPSA) is 78.9 Å². The number of likely N-dealkylation sites (N-methyl/N-ethyl adjacent to an activating group) is 1. The van der Waals surface area contributed by atoms with Gasteiger partial charge in [0.1, 0.15) is 5.82 Å². The predicted molar refractivity (Wildman–Crippen MR) is 106 cm³/mol. The summed E-state index contributed by atoms with van der Waals surface area (Å²) in [7, 11) is 1.76. The molecule has 6 heteroatoms. The molecule has 0 radical (unpaired) electrons. The fourth-order valence-electron chi connectivity index (χ4n) is 2.77. The van der Waals surface area contributed by atoms with Gasteiger partial charge < -0.3 is 16.0 Å². The molecule has 1 aromatic carbocycles. The van der Waals surface area contributed by atoms with Crippen LogP contribution in [0.4, 0.5) is 11.5 Å². The number of aromatic nitrogens is 2. The fourth-order valence-corrected chi connectivity index (χ4v) is 2.77. The van der Waals surface area contributed by atoms with Crippen molar-refractivity contribution in [2.75, 3.05) is 25.5 Å². The van der Waals surface area contributed by atoms with Crippen molar-refractivity contribution in [1.29, 1.82) is 0 Å². The molecular formula is C20H29N5O. The Balaban J connectivity index is 2.05. The molecule has 0 fully saturated rings. The van der Waals surface area contributed by atoms with Crippen molar-refractivity contribution < 1.29 is 4.79 Å². The van der Waals surface area contributed by atoms with E-state index >= 15 is 0 Å². The van der Waals surface area contributed by atoms with Crippen molar-refractivity contribution in [3.8, 4) is 0 Å². The van der Waals surface area contributed by atoms with Gasteiger partial charge in [0.15, 0.2) is 0 Å². The number of carbonyl (C=O) groups is 1. The molecule has 0 bridgehead atoms. The Hall–Kier alpha value is -2.47. The van der Waals surface area contributed by atoms with E-state index in [1.54, 1.807) is 13.2 Å². The molecular weight excluding hydrogens is 326 g/mol. The Morgan fingerprint density at radius 3 is 2.65 bits per heavy atom. The average Bonchev–Trinajstić information content (AvgIpc) is 2.66. The first kappa shape index (κ1) is 19.8. The minimum Gasteiger partial charge on any atom is -0.354 e. The number of nitrogens with zero attached hydrogens (tertiary/aromatic N) is 2. The highest BCUT2D eigenvalue weighted by molar-refractivity contribution is 5.78. The maximum Gasteiger partial charge on any atom is 0.233 e. The van der Waals surface area contributed by atoms with E-state index in [0.29, 0.717) is 13.1 Å². The smallest absolute Gasteiger partial charge is 0.233 e. The normalized spacial score (nSPS) is 11.8. The van der Waals surface area contributed by atoms with Crippen LogP contribution in [-0.2, 0) is 17.6 Å². The summed E-state index contributed by atoms with van der Waals surface area (Å²) in [4.78, 5) is 20.8. The molecule has 0 aliphatic carbocycles. The lowest BCUT2D eigenvalue weighted by atomic mass is 10.0. The lowest BCUT2D eigenvalue weighted by Crippen LogP contribution is -2.34. The first-order valence-electron chi connectivity index (χ1n) is 9.20. The van der Waals surface area contributed by atoms with Crippen LogP contribution in [0.2, 0.25) is 0 Å². The molecule has 0 aliphatic rings. The number of rotatable bonds is 9. The third-order valence-electron chi connectivity index (χ3n) is 4.27. The highest BCUT2D eigenvalue weighted by Gasteiger charge is 2.09. The molecule has 1 atom stereocenters. The second kappa shape index (κ2) is 9.87. The molecule has 6 nitrogen and oxygen atoms in total. The zero-order valence-corrected chi connectivity index (χ0v) is 16.1. The number of aryl methyl sites for hydroxylation is 2. The van der Waals surface area contributed by atoms with Gasteiger partial charge in [-0.15, -0.1) is 0 Å². The van der Waals surface area contributed by atoms with E-state index < -0.39 is 0 Å². The van der Waals surface area contributed by atoms with Crippen molar-refractivity contribution in [3.63, 3.8) is 0 Å². The SMILES string of the molecule is CCc1ncc(Nc2cccc([C@H](C)CNC(=O)CNC)c2)nc1CC. The summed E-state index contributed by atoms with van der Waals surface area (Å²) in [6.07, 6.45) is 3.55. The number of carbonyl (C=O) groups excluding carboxylic acids is 1. The Labute approximate surface area is 155 Å². The van der Waals surface area contributed by atoms with Gasteiger partial charge >= 0.3 is 0 Å². The molecule has 1 amide bonds. The fraction of sp³-hybridized carbons (Fsp3) is 0.450. The number of anilines is 2. The van der Waals surface area contributed by atoms with E-state index in [2.05, 4.69) is 58.8 Å². The molecule has 3 N–H and O–H groups in total. The van der Waals surface area contributed by atoms with E-state index in [1.165, 1.54) is 0 Å². The first-order valence-corrected chi connectivity index (χ1v) is 9.20. The summed E-state index contributed by atoms with van der Waals surface area (Å²) in [5, 5.41) is 9.12. The summed E-state index contributed by atoms with van der Waals surface area (Å²) in [5.74, 6) is 0.982. The zero-order valence-electron chi connectivity index (χ0n) is 16.1. The number of hydrogen-bond acceptors (Lipinski definition) is 5. The Kier molecular flexibility index (Phi) is 7.53. The largest absolute Gasteiger partial charge is 0.354 e. The van der Waals surface area contributed by atoms with Crippen LogP contribution in [0.5, 0.6) is 0 Å². The van der Waals surface area contributed by atoms with Gasteiger partial charge in [-0.2, -0.15) is 0 Å². The van der Waals surface area contributed by atoms with Crippen LogP contribution in [0.3, 0.4) is 0 Å². The molecule has 1 aromatic heterocycles. The van der Waals surface area contributed by atoms with Gasteiger partial charge in [0.25, 0.3) is 0 Å². The van der Waals surface area contributed by atoms with E-state index in [1.807, 2.05) is 12.1 Å². The second-order valence-corrected chi connectivity index (χ2v) is 6.34. The third kappa shape index (κ3) is 5.52. The number of nitrogens with one attached hydrogen (secondary N) is 3. The Bertz CT molecular complexity index is 732. The van der Waals surface area contributed by atoms with Gasteiger partial charge in [0.2, 0.25) is 5.91 Å². The van der Waals surface area contributed by atoms with Gasteiger partial charge in [-0.25, -0.2) is 4.98 Å². The number of benzene rings is 1. The molecule has 0 spiro atoms. The monoisotopic (exact) mass is 355 g/mol. The van der Waals surface area contributed by atoms with E-state index in [0.717, 1.165) is 41.3 Å². The van der Waals surface area contributed by atoms with Crippen LogP contribution < -0.4 is 16.0 Å². The van der Waals surface area contributed by atoms with Crippen LogP contribution in [0.15, 0.2) is 30.5 Å². The second-order valence-electron chi connectivity index (χ2n) is 6.34. The molecule has 0 aliphatic heterocycles. The van der Waals surface area contributed by atoms with Crippen LogP contribution in [0, 0.1) is 0 Å². The van der Waals surface area contributed by atoms with Crippen molar-refractivity contribution in [3.05, 3.63) is 47.4 Å². The van der Waals surface area contributed by atoms with Gasteiger partial charge in [0.05, 0.1) is 24.1 Å². The quantitative estimate of drug-likeness (QED) is 0.645. The lowest BCUT2D eigenvalue weighted by molar-refractivity contribution is -0.120. The molecule has 26 heavy (non-hydrogen) atoms. The zero-order chi connectivity index (χ0) is 18.9. The molecule has 2 rings (SSSR count). The molecule has 0 unspecified atom stereocenters. The third-order valence-corrected chi connectivity index (χ3v) is 4.27. The summed E-state index contributed by atoms with van der Waals surface area (Å²) in [5.41, 5.74) is 4.22. The highest BCUT2D eigenvalue weighted by atomic mass is 16.1. The highest BCUT2D eigenvalue weighted by Crippen LogP contribution is 2.21. The standard InChI is InChI=1S/C20H29N5O/c1-5-17-18(6-2)25-19(12-22-17)24-16-9-7-8-15(10-16)14(3)11-23-20(26)13-21-4/h7-10,12,14,21H,5-6,11,13H2,1-4H3,(H,23,26)(H,24,25)/t14-/m1/s1. The van der Waals surface area contributed by atoms with Crippen molar-refractivity contribution in [2.24, 2.45) is 0 Å². The van der Waals surface area contributed by atoms with Crippen LogP contribution in [0.25, 0.3) is 0 Å². The number of amides is 1. The van der Waals surface area contributed by atoms with Crippen LogP contribution >= 0.6 is 0 Å². The summed E-state index contributed by atoms with van der Waals surface area (Å²) in [6.45, 7) is 7.23. The van der Waals surface area contributed by atoms with Crippen molar-refractivity contribution >= 4 is 17.4 Å². The van der Waals surface area contributed by atoms with E-state index in [9.17, 15) is 4.79 Å². The molecule has 0 saturated heterocycles. The predicted octanol–water partition coefficient (Wildman–Crippen LogP) is 2.78. The van der Waals surface area contributed by atoms with E-state index in [-0.39, 0.29) is 11.8 Å². The van der Waals surface area contributed by atoms with Crippen LogP contribution in [-0.4, -0.2) is 36.0 Å². The first-order chi connectivity index (χ1) is 12.6. The van der Waals surface area contributed by atoms with E-state index in [4.69, 9.17) is 0 Å². The van der Waals surface area contributed by atoms with Gasteiger partial charge in [-0.05, 0) is 43.5 Å². The van der Waals surface area contributed by atoms with Gasteiger partial charge in [-0.3, -0.25) is 9.78 Å². The van der Waals surface area contributed by atoms with Crippen LogP contribution in [0.1, 0.15) is 43.6 Å². The molecule has 0 saturated carbocycles. The maximum absolute atomic E-state index is 11.6. The Morgan fingerprint density at radius 1 is 1.19 bits per heavy atom. The maximum atomic E-state index is 11.6. The van der Waals surface area contributed by atoms with Crippen molar-refractivity contribution in [2.45, 2.75) is 39.5 Å². The average molecular weight is 355 g/mol. The Morgan fingerprint density at radius 2 is 1.96 bits per heavy atom. The van der Waals surface area contributed by atoms with Gasteiger partial charge in [0, 0.05) is 12.2 Å². The summed E-state index contributed by atoms with van der Waals surface area (Å²) in [6, 6.07) is 8.19. The molecule has 1 heterocycles. The molecule has 140 valence electrons. The summed E-state index contributed by atoms with van der Waals surface area (Å²) >= 11 is 0. The number of hydrogen-bond donors (Lipinski definition) is 3. The molecule has 2 aromatic rings. The lowest BCUT2D eigenvalue weighted by Gasteiger charge is -2.15. The van der Waals surface area contributed by atoms with Gasteiger partial charge in [-0.1, -0.05) is 32.9 Å². The minimum absolute atomic E-state index is 0.00649. The summed E-state index contributed by atoms with van der Waals surface area (Å²) < 4.78 is 0. The minimum atomic E-state index is 0.00649. The van der Waals surface area contributed by atoms with Crippen molar-refractivity contribution in [1.82, 2.24) is 20.6 Å².